The van der Waals surface area contributed by atoms with E-state index in [-0.39, 0.29) is 11.5 Å². The van der Waals surface area contributed by atoms with Crippen molar-refractivity contribution in [2.24, 2.45) is 0 Å². The van der Waals surface area contributed by atoms with Gasteiger partial charge in [0.2, 0.25) is 0 Å². The Morgan fingerprint density at radius 1 is 0.812 bits per heavy atom. The molecule has 0 bridgehead atoms. The quantitative estimate of drug-likeness (QED) is 0.441. The van der Waals surface area contributed by atoms with Gasteiger partial charge in [-0.15, -0.1) is 0 Å². The van der Waals surface area contributed by atoms with Gasteiger partial charge >= 0.3 is 0 Å². The van der Waals surface area contributed by atoms with E-state index < -0.39 is 0 Å². The van der Waals surface area contributed by atoms with Crippen LogP contribution in [0.4, 0.5) is 0 Å². The first-order valence-corrected chi connectivity index (χ1v) is 5.01. The third-order valence-corrected chi connectivity index (χ3v) is 2.71. The molecule has 0 amide bonds. The van der Waals surface area contributed by atoms with Crippen molar-refractivity contribution < 1.29 is 10.2 Å². The second-order valence-corrected chi connectivity index (χ2v) is 3.79. The zero-order valence-electron chi connectivity index (χ0n) is 8.44. The average molecular weight is 209 g/mol. The molecule has 0 aliphatic rings. The molecule has 2 heteroatoms. The van der Waals surface area contributed by atoms with E-state index in [9.17, 15) is 10.2 Å². The molecule has 3 aromatic rings. The molecular formula is C14H9O2. The maximum Gasteiger partial charge on any atom is 0.166 e. The van der Waals surface area contributed by atoms with E-state index in [2.05, 4.69) is 6.07 Å². The van der Waals surface area contributed by atoms with E-state index in [1.54, 1.807) is 6.07 Å². The maximum absolute atomic E-state index is 9.41. The van der Waals surface area contributed by atoms with Crippen LogP contribution in [0.2, 0.25) is 0 Å². The minimum atomic E-state index is -0.206. The minimum Gasteiger partial charge on any atom is -0.504 e. The first-order valence-electron chi connectivity index (χ1n) is 5.01. The van der Waals surface area contributed by atoms with Gasteiger partial charge in [0, 0.05) is 6.07 Å². The van der Waals surface area contributed by atoms with E-state index in [4.69, 9.17) is 0 Å². The van der Waals surface area contributed by atoms with Crippen molar-refractivity contribution in [3.05, 3.63) is 48.5 Å². The molecule has 16 heavy (non-hydrogen) atoms. The minimum absolute atomic E-state index is 0.136. The van der Waals surface area contributed by atoms with Crippen molar-refractivity contribution in [1.82, 2.24) is 0 Å². The lowest BCUT2D eigenvalue weighted by Gasteiger charge is -2.03. The first-order chi connectivity index (χ1) is 7.74. The highest BCUT2D eigenvalue weighted by atomic mass is 16.3. The van der Waals surface area contributed by atoms with Crippen molar-refractivity contribution in [1.29, 1.82) is 0 Å². The Hall–Kier alpha value is -2.22. The summed E-state index contributed by atoms with van der Waals surface area (Å²) in [5.41, 5.74) is 0. The number of hydrogen-bond donors (Lipinski definition) is 2. The number of hydrogen-bond acceptors (Lipinski definition) is 2. The average Bonchev–Trinajstić information content (AvgIpc) is 2.28. The van der Waals surface area contributed by atoms with Crippen LogP contribution in [-0.2, 0) is 0 Å². The number of rotatable bonds is 0. The fourth-order valence-corrected chi connectivity index (χ4v) is 1.89. The van der Waals surface area contributed by atoms with Crippen molar-refractivity contribution in [2.75, 3.05) is 0 Å². The fourth-order valence-electron chi connectivity index (χ4n) is 1.89. The van der Waals surface area contributed by atoms with Crippen LogP contribution < -0.4 is 0 Å². The summed E-state index contributed by atoms with van der Waals surface area (Å²) in [5, 5.41) is 22.7. The molecule has 77 valence electrons. The number of benzene rings is 3. The molecule has 0 saturated heterocycles. The van der Waals surface area contributed by atoms with Crippen LogP contribution in [0.5, 0.6) is 11.5 Å². The van der Waals surface area contributed by atoms with Gasteiger partial charge in [0.1, 0.15) is 0 Å². The zero-order chi connectivity index (χ0) is 11.1. The van der Waals surface area contributed by atoms with Gasteiger partial charge in [-0.1, -0.05) is 24.3 Å². The van der Waals surface area contributed by atoms with Crippen LogP contribution in [0.1, 0.15) is 0 Å². The number of fused-ring (bicyclic) bond motifs is 2. The van der Waals surface area contributed by atoms with Gasteiger partial charge < -0.3 is 10.2 Å². The largest absolute Gasteiger partial charge is 0.504 e. The molecule has 2 N–H and O–H groups in total. The molecule has 0 heterocycles. The van der Waals surface area contributed by atoms with Gasteiger partial charge in [-0.2, -0.15) is 0 Å². The predicted octanol–water partition coefficient (Wildman–Crippen LogP) is 3.20. The smallest absolute Gasteiger partial charge is 0.166 e. The Balaban J connectivity index is 2.46. The maximum atomic E-state index is 9.41. The molecule has 0 aliphatic carbocycles. The normalized spacial score (nSPS) is 11.0. The zero-order valence-corrected chi connectivity index (χ0v) is 8.44. The SMILES string of the molecule is Oc1[c]c2cc3ccccc3cc2cc1O. The van der Waals surface area contributed by atoms with Crippen LogP contribution >= 0.6 is 0 Å². The van der Waals surface area contributed by atoms with Gasteiger partial charge in [-0.05, 0) is 39.7 Å². The standard InChI is InChI=1S/C14H9O2/c15-13-7-11-5-9-3-1-2-4-10(9)6-12(11)8-14(13)16/h1-7,15-16H. The van der Waals surface area contributed by atoms with E-state index in [1.165, 1.54) is 0 Å². The lowest BCUT2D eigenvalue weighted by molar-refractivity contribution is 0.404. The molecular weight excluding hydrogens is 200 g/mol. The molecule has 1 radical (unpaired) electrons. The summed E-state index contributed by atoms with van der Waals surface area (Å²) in [6.45, 7) is 0. The summed E-state index contributed by atoms with van der Waals surface area (Å²) in [7, 11) is 0. The number of phenols is 2. The van der Waals surface area contributed by atoms with E-state index in [0.717, 1.165) is 21.5 Å². The fraction of sp³-hybridized carbons (Fsp3) is 0. The van der Waals surface area contributed by atoms with Crippen molar-refractivity contribution in [2.45, 2.75) is 0 Å². The highest BCUT2D eigenvalue weighted by molar-refractivity contribution is 5.99. The van der Waals surface area contributed by atoms with Gasteiger partial charge in [-0.25, -0.2) is 0 Å². The van der Waals surface area contributed by atoms with E-state index in [1.807, 2.05) is 36.4 Å². The molecule has 0 spiro atoms. The van der Waals surface area contributed by atoms with Gasteiger partial charge in [0.25, 0.3) is 0 Å². The molecule has 3 aromatic carbocycles. The van der Waals surface area contributed by atoms with Crippen LogP contribution in [0, 0.1) is 6.07 Å². The van der Waals surface area contributed by atoms with E-state index >= 15 is 0 Å². The summed E-state index contributed by atoms with van der Waals surface area (Å²) in [6.07, 6.45) is 0. The molecule has 0 aliphatic heterocycles. The summed E-state index contributed by atoms with van der Waals surface area (Å²) in [4.78, 5) is 0. The summed E-state index contributed by atoms with van der Waals surface area (Å²) < 4.78 is 0. The second kappa shape index (κ2) is 3.14. The monoisotopic (exact) mass is 209 g/mol. The third kappa shape index (κ3) is 1.27. The summed E-state index contributed by atoms with van der Waals surface area (Å²) in [5.74, 6) is -0.342. The van der Waals surface area contributed by atoms with Gasteiger partial charge in [0.05, 0.1) is 0 Å². The Bertz CT molecular complexity index is 627. The highest BCUT2D eigenvalue weighted by Gasteiger charge is 2.03. The second-order valence-electron chi connectivity index (χ2n) is 3.79. The Morgan fingerprint density at radius 3 is 2.25 bits per heavy atom. The van der Waals surface area contributed by atoms with Crippen LogP contribution in [0.15, 0.2) is 42.5 Å². The Morgan fingerprint density at radius 2 is 1.50 bits per heavy atom. The molecule has 0 aromatic heterocycles. The summed E-state index contributed by atoms with van der Waals surface area (Å²) >= 11 is 0. The van der Waals surface area contributed by atoms with E-state index in [0.29, 0.717) is 0 Å². The molecule has 0 atom stereocenters. The van der Waals surface area contributed by atoms with Crippen molar-refractivity contribution >= 4 is 21.5 Å². The highest BCUT2D eigenvalue weighted by Crippen LogP contribution is 2.31. The van der Waals surface area contributed by atoms with Crippen LogP contribution in [0.25, 0.3) is 21.5 Å². The van der Waals surface area contributed by atoms with Crippen LogP contribution in [-0.4, -0.2) is 10.2 Å². The molecule has 2 nitrogen and oxygen atoms in total. The topological polar surface area (TPSA) is 40.5 Å². The lowest BCUT2D eigenvalue weighted by Crippen LogP contribution is -1.77. The molecule has 0 fully saturated rings. The Kier molecular flexibility index (Phi) is 1.77. The van der Waals surface area contributed by atoms with Crippen molar-refractivity contribution in [3.8, 4) is 11.5 Å². The molecule has 3 rings (SSSR count). The lowest BCUT2D eigenvalue weighted by atomic mass is 10.0. The number of aromatic hydroxyl groups is 2. The molecule has 0 unspecified atom stereocenters. The third-order valence-electron chi connectivity index (χ3n) is 2.71. The van der Waals surface area contributed by atoms with Crippen molar-refractivity contribution in [3.63, 3.8) is 0 Å². The van der Waals surface area contributed by atoms with Crippen LogP contribution in [0.3, 0.4) is 0 Å². The Labute approximate surface area is 92.4 Å². The first kappa shape index (κ1) is 9.04. The van der Waals surface area contributed by atoms with Gasteiger partial charge in [-0.3, -0.25) is 0 Å². The number of phenolic OH excluding ortho intramolecular Hbond substituents is 2. The van der Waals surface area contributed by atoms with Gasteiger partial charge in [0.15, 0.2) is 11.5 Å². The predicted molar refractivity (Wildman–Crippen MR) is 63.6 cm³/mol. The molecule has 0 saturated carbocycles. The summed E-state index contributed by atoms with van der Waals surface area (Å²) in [6, 6.07) is 16.2.